The fourth-order valence-electron chi connectivity index (χ4n) is 5.46. The minimum Gasteiger partial charge on any atom is -0.377 e. The zero-order valence-corrected chi connectivity index (χ0v) is 8.87. The van der Waals surface area contributed by atoms with Crippen molar-refractivity contribution in [2.75, 3.05) is 6.61 Å². The first-order valence-electron chi connectivity index (χ1n) is 6.47. The molecular formula is C13H20O. The van der Waals surface area contributed by atoms with Crippen molar-refractivity contribution in [3.8, 4) is 0 Å². The first kappa shape index (κ1) is 8.15. The van der Waals surface area contributed by atoms with Gasteiger partial charge in [0.1, 0.15) is 0 Å². The highest BCUT2D eigenvalue weighted by atomic mass is 16.5. The molecular weight excluding hydrogens is 172 g/mol. The second-order valence-corrected chi connectivity index (χ2v) is 6.36. The lowest BCUT2D eigenvalue weighted by Gasteiger charge is -2.62. The van der Waals surface area contributed by atoms with Gasteiger partial charge in [0, 0.05) is 6.61 Å². The summed E-state index contributed by atoms with van der Waals surface area (Å²) in [6.45, 7) is 1.05. The molecule has 5 fully saturated rings. The average Bonchev–Trinajstić information content (AvgIpc) is 2.15. The summed E-state index contributed by atoms with van der Waals surface area (Å²) < 4.78 is 6.11. The second-order valence-electron chi connectivity index (χ2n) is 6.36. The van der Waals surface area contributed by atoms with Gasteiger partial charge < -0.3 is 4.74 Å². The maximum Gasteiger partial charge on any atom is 0.0659 e. The Bertz CT molecular complexity index is 246. The van der Waals surface area contributed by atoms with Crippen molar-refractivity contribution in [1.82, 2.24) is 0 Å². The van der Waals surface area contributed by atoms with E-state index in [9.17, 15) is 0 Å². The molecule has 0 aromatic heterocycles. The van der Waals surface area contributed by atoms with Crippen LogP contribution in [0, 0.1) is 23.2 Å². The minimum absolute atomic E-state index is 0.674. The predicted molar refractivity (Wildman–Crippen MR) is 55.0 cm³/mol. The van der Waals surface area contributed by atoms with Crippen molar-refractivity contribution in [3.05, 3.63) is 0 Å². The summed E-state index contributed by atoms with van der Waals surface area (Å²) in [4.78, 5) is 0. The second kappa shape index (κ2) is 2.55. The van der Waals surface area contributed by atoms with E-state index in [4.69, 9.17) is 4.74 Å². The molecule has 0 aromatic carbocycles. The maximum absolute atomic E-state index is 6.11. The van der Waals surface area contributed by atoms with Gasteiger partial charge in [0.15, 0.2) is 0 Å². The van der Waals surface area contributed by atoms with Gasteiger partial charge in [0.05, 0.1) is 6.10 Å². The Morgan fingerprint density at radius 1 is 1.00 bits per heavy atom. The van der Waals surface area contributed by atoms with Crippen LogP contribution in [0.2, 0.25) is 0 Å². The molecule has 1 heterocycles. The molecule has 0 N–H and O–H groups in total. The van der Waals surface area contributed by atoms with E-state index in [2.05, 4.69) is 0 Å². The van der Waals surface area contributed by atoms with Crippen molar-refractivity contribution in [2.45, 2.75) is 51.0 Å². The van der Waals surface area contributed by atoms with Gasteiger partial charge in [0.25, 0.3) is 0 Å². The van der Waals surface area contributed by atoms with Gasteiger partial charge >= 0.3 is 0 Å². The van der Waals surface area contributed by atoms with Crippen LogP contribution in [-0.4, -0.2) is 12.7 Å². The first-order chi connectivity index (χ1) is 6.86. The molecule has 4 saturated carbocycles. The molecule has 4 bridgehead atoms. The summed E-state index contributed by atoms with van der Waals surface area (Å²) in [5.41, 5.74) is 0.674. The monoisotopic (exact) mass is 192 g/mol. The molecule has 1 aliphatic heterocycles. The van der Waals surface area contributed by atoms with Crippen LogP contribution in [0.1, 0.15) is 44.9 Å². The van der Waals surface area contributed by atoms with Gasteiger partial charge in [-0.15, -0.1) is 0 Å². The summed E-state index contributed by atoms with van der Waals surface area (Å²) in [6, 6.07) is 0. The summed E-state index contributed by atoms with van der Waals surface area (Å²) in [6.07, 6.45) is 11.1. The molecule has 5 rings (SSSR count). The van der Waals surface area contributed by atoms with Crippen molar-refractivity contribution in [2.24, 2.45) is 23.2 Å². The van der Waals surface area contributed by atoms with E-state index in [0.29, 0.717) is 11.5 Å². The van der Waals surface area contributed by atoms with Crippen molar-refractivity contribution < 1.29 is 4.74 Å². The highest BCUT2D eigenvalue weighted by Crippen LogP contribution is 2.63. The molecule has 2 unspecified atom stereocenters. The SMILES string of the molecule is C1CO[C@@H]2C3C[C@@H]4C[C@H](C3)CC2(C1)C4. The Labute approximate surface area is 86.2 Å². The van der Waals surface area contributed by atoms with E-state index in [-0.39, 0.29) is 0 Å². The maximum atomic E-state index is 6.11. The summed E-state index contributed by atoms with van der Waals surface area (Å²) in [5.74, 6) is 3.14. The Hall–Kier alpha value is -0.0400. The molecule has 0 aromatic rings. The molecule has 1 spiro atoms. The number of rotatable bonds is 0. The lowest BCUT2D eigenvalue weighted by molar-refractivity contribution is -0.206. The number of hydrogen-bond acceptors (Lipinski definition) is 1. The highest BCUT2D eigenvalue weighted by Gasteiger charge is 2.58. The Morgan fingerprint density at radius 3 is 2.57 bits per heavy atom. The topological polar surface area (TPSA) is 9.23 Å². The third kappa shape index (κ3) is 0.900. The standard InChI is InChI=1S/C13H20O/c1-2-13-7-9-4-10(8-13)6-11(5-9)12(13)14-3-1/h9-12H,1-8H2/t9-,10+,11?,12-,13?/m1/s1. The van der Waals surface area contributed by atoms with Gasteiger partial charge in [-0.2, -0.15) is 0 Å². The number of ether oxygens (including phenoxy) is 1. The van der Waals surface area contributed by atoms with Crippen LogP contribution in [-0.2, 0) is 4.74 Å². The predicted octanol–water partition coefficient (Wildman–Crippen LogP) is 2.99. The molecule has 1 nitrogen and oxygen atoms in total. The smallest absolute Gasteiger partial charge is 0.0659 e. The molecule has 5 aliphatic rings. The van der Waals surface area contributed by atoms with Crippen molar-refractivity contribution >= 4 is 0 Å². The Kier molecular flexibility index (Phi) is 1.49. The quantitative estimate of drug-likeness (QED) is 0.573. The molecule has 0 amide bonds. The normalized spacial score (nSPS) is 60.0. The van der Waals surface area contributed by atoms with E-state index in [1.165, 1.54) is 38.5 Å². The minimum atomic E-state index is 0.674. The van der Waals surface area contributed by atoms with Crippen molar-refractivity contribution in [1.29, 1.82) is 0 Å². The van der Waals surface area contributed by atoms with Gasteiger partial charge in [0.2, 0.25) is 0 Å². The summed E-state index contributed by atoms with van der Waals surface area (Å²) >= 11 is 0. The fourth-order valence-corrected chi connectivity index (χ4v) is 5.46. The largest absolute Gasteiger partial charge is 0.377 e. The lowest BCUT2D eigenvalue weighted by Crippen LogP contribution is -2.58. The van der Waals surface area contributed by atoms with Crippen LogP contribution in [0.5, 0.6) is 0 Å². The van der Waals surface area contributed by atoms with Gasteiger partial charge in [-0.05, 0) is 68.1 Å². The van der Waals surface area contributed by atoms with Crippen LogP contribution in [0.15, 0.2) is 0 Å². The van der Waals surface area contributed by atoms with Gasteiger partial charge in [-0.1, -0.05) is 0 Å². The fraction of sp³-hybridized carbons (Fsp3) is 1.00. The highest BCUT2D eigenvalue weighted by molar-refractivity contribution is 5.08. The Balaban J connectivity index is 1.75. The molecule has 78 valence electrons. The van der Waals surface area contributed by atoms with Gasteiger partial charge in [-0.25, -0.2) is 0 Å². The lowest BCUT2D eigenvalue weighted by atomic mass is 9.47. The van der Waals surface area contributed by atoms with Crippen molar-refractivity contribution in [3.63, 3.8) is 0 Å². The van der Waals surface area contributed by atoms with Crippen LogP contribution in [0.4, 0.5) is 0 Å². The third-order valence-corrected chi connectivity index (χ3v) is 5.48. The van der Waals surface area contributed by atoms with E-state index < -0.39 is 0 Å². The van der Waals surface area contributed by atoms with Gasteiger partial charge in [-0.3, -0.25) is 0 Å². The van der Waals surface area contributed by atoms with E-state index >= 15 is 0 Å². The number of hydrogen-bond donors (Lipinski definition) is 0. The van der Waals surface area contributed by atoms with E-state index in [1.807, 2.05) is 0 Å². The molecule has 4 aliphatic carbocycles. The molecule has 0 radical (unpaired) electrons. The summed E-state index contributed by atoms with van der Waals surface area (Å²) in [5, 5.41) is 0. The van der Waals surface area contributed by atoms with Crippen LogP contribution < -0.4 is 0 Å². The molecule has 1 heteroatoms. The average molecular weight is 192 g/mol. The molecule has 14 heavy (non-hydrogen) atoms. The first-order valence-corrected chi connectivity index (χ1v) is 6.47. The molecule has 1 saturated heterocycles. The zero-order valence-electron chi connectivity index (χ0n) is 8.87. The summed E-state index contributed by atoms with van der Waals surface area (Å²) in [7, 11) is 0. The van der Waals surface area contributed by atoms with Crippen LogP contribution in [0.3, 0.4) is 0 Å². The van der Waals surface area contributed by atoms with Crippen LogP contribution in [0.25, 0.3) is 0 Å². The molecule has 5 atom stereocenters. The zero-order chi connectivity index (χ0) is 9.17. The van der Waals surface area contributed by atoms with Crippen LogP contribution >= 0.6 is 0 Å². The Morgan fingerprint density at radius 2 is 1.79 bits per heavy atom. The third-order valence-electron chi connectivity index (χ3n) is 5.48. The van der Waals surface area contributed by atoms with E-state index in [1.54, 1.807) is 6.42 Å². The van der Waals surface area contributed by atoms with E-state index in [0.717, 1.165) is 24.4 Å².